The molecule has 0 amide bonds. The van der Waals surface area contributed by atoms with Crippen molar-refractivity contribution in [2.45, 2.75) is 64.8 Å². The first-order valence-electron chi connectivity index (χ1n) is 6.82. The summed E-state index contributed by atoms with van der Waals surface area (Å²) in [5, 5.41) is 3.35. The molecule has 0 aromatic heterocycles. The fourth-order valence-electron chi connectivity index (χ4n) is 2.28. The van der Waals surface area contributed by atoms with Gasteiger partial charge < -0.3 is 11.1 Å². The molecule has 4 heteroatoms. The van der Waals surface area contributed by atoms with Gasteiger partial charge in [0.25, 0.3) is 0 Å². The molecule has 0 unspecified atom stereocenters. The minimum absolute atomic E-state index is 0. The van der Waals surface area contributed by atoms with E-state index in [0.717, 1.165) is 6.54 Å². The van der Waals surface area contributed by atoms with Gasteiger partial charge in [0.1, 0.15) is 0 Å². The molecule has 102 valence electrons. The molecule has 0 bridgehead atoms. The lowest BCUT2D eigenvalue weighted by molar-refractivity contribution is 0.411. The monoisotopic (exact) mass is 353 g/mol. The van der Waals surface area contributed by atoms with Gasteiger partial charge in [0.15, 0.2) is 5.96 Å². The number of aliphatic imine (C=N–C) groups is 1. The Hall–Kier alpha value is 0. The Bertz CT molecular complexity index is 209. The molecule has 0 aromatic rings. The highest BCUT2D eigenvalue weighted by atomic mass is 127. The minimum Gasteiger partial charge on any atom is -0.370 e. The molecule has 3 N–H and O–H groups in total. The van der Waals surface area contributed by atoms with Crippen LogP contribution in [0.5, 0.6) is 0 Å². The summed E-state index contributed by atoms with van der Waals surface area (Å²) in [6.45, 7) is 5.31. The highest BCUT2D eigenvalue weighted by Gasteiger charge is 2.13. The number of hydrogen-bond donors (Lipinski definition) is 2. The fraction of sp³-hybridized carbons (Fsp3) is 0.923. The fourth-order valence-corrected chi connectivity index (χ4v) is 2.28. The van der Waals surface area contributed by atoms with Crippen molar-refractivity contribution in [3.05, 3.63) is 0 Å². The average Bonchev–Trinajstić information content (AvgIpc) is 2.31. The van der Waals surface area contributed by atoms with Crippen molar-refractivity contribution < 1.29 is 0 Å². The van der Waals surface area contributed by atoms with Gasteiger partial charge in [0.05, 0.1) is 0 Å². The number of hydrogen-bond acceptors (Lipinski definition) is 1. The first-order valence-corrected chi connectivity index (χ1v) is 6.82. The molecular formula is C13H28IN3. The SMILES string of the molecule is CCC(CC)CN=C(N)NC1CCCCC1.I. The second-order valence-corrected chi connectivity index (χ2v) is 4.89. The van der Waals surface area contributed by atoms with E-state index in [1.165, 1.54) is 44.9 Å². The summed E-state index contributed by atoms with van der Waals surface area (Å²) < 4.78 is 0. The summed E-state index contributed by atoms with van der Waals surface area (Å²) in [7, 11) is 0. The van der Waals surface area contributed by atoms with E-state index in [1.807, 2.05) is 0 Å². The number of nitrogens with two attached hydrogens (primary N) is 1. The van der Waals surface area contributed by atoms with E-state index in [-0.39, 0.29) is 24.0 Å². The summed E-state index contributed by atoms with van der Waals surface area (Å²) in [5.41, 5.74) is 5.90. The van der Waals surface area contributed by atoms with Crippen LogP contribution in [0.2, 0.25) is 0 Å². The summed E-state index contributed by atoms with van der Waals surface area (Å²) >= 11 is 0. The third-order valence-electron chi connectivity index (χ3n) is 3.63. The normalized spacial score (nSPS) is 17.9. The predicted octanol–water partition coefficient (Wildman–Crippen LogP) is 3.28. The maximum absolute atomic E-state index is 5.90. The quantitative estimate of drug-likeness (QED) is 0.453. The first kappa shape index (κ1) is 17.0. The van der Waals surface area contributed by atoms with E-state index in [1.54, 1.807) is 0 Å². The van der Waals surface area contributed by atoms with E-state index >= 15 is 0 Å². The van der Waals surface area contributed by atoms with E-state index < -0.39 is 0 Å². The summed E-state index contributed by atoms with van der Waals surface area (Å²) in [6, 6.07) is 0.569. The number of nitrogens with zero attached hydrogens (tertiary/aromatic N) is 1. The van der Waals surface area contributed by atoms with Crippen molar-refractivity contribution in [1.82, 2.24) is 5.32 Å². The van der Waals surface area contributed by atoms with Gasteiger partial charge in [0, 0.05) is 12.6 Å². The number of guanidine groups is 1. The highest BCUT2D eigenvalue weighted by Crippen LogP contribution is 2.17. The maximum Gasteiger partial charge on any atom is 0.188 e. The summed E-state index contributed by atoms with van der Waals surface area (Å²) in [5.74, 6) is 1.34. The Kier molecular flexibility index (Phi) is 9.97. The van der Waals surface area contributed by atoms with Crippen molar-refractivity contribution in [2.24, 2.45) is 16.6 Å². The van der Waals surface area contributed by atoms with Crippen LogP contribution in [0.4, 0.5) is 0 Å². The molecule has 1 saturated carbocycles. The molecule has 0 atom stereocenters. The van der Waals surface area contributed by atoms with E-state index in [4.69, 9.17) is 5.73 Å². The lowest BCUT2D eigenvalue weighted by Gasteiger charge is -2.23. The van der Waals surface area contributed by atoms with Gasteiger partial charge in [-0.1, -0.05) is 46.0 Å². The van der Waals surface area contributed by atoms with Crippen LogP contribution >= 0.6 is 24.0 Å². The van der Waals surface area contributed by atoms with Gasteiger partial charge in [-0.2, -0.15) is 0 Å². The molecule has 17 heavy (non-hydrogen) atoms. The number of rotatable bonds is 5. The first-order chi connectivity index (χ1) is 7.76. The Morgan fingerprint density at radius 3 is 2.35 bits per heavy atom. The Morgan fingerprint density at radius 2 is 1.82 bits per heavy atom. The molecule has 0 spiro atoms. The zero-order chi connectivity index (χ0) is 11.8. The predicted molar refractivity (Wildman–Crippen MR) is 86.0 cm³/mol. The molecule has 0 radical (unpaired) electrons. The topological polar surface area (TPSA) is 50.4 Å². The minimum atomic E-state index is 0. The molecule has 3 nitrogen and oxygen atoms in total. The molecule has 0 aliphatic heterocycles. The number of nitrogens with one attached hydrogen (secondary N) is 1. The van der Waals surface area contributed by atoms with Gasteiger partial charge in [0.2, 0.25) is 0 Å². The third-order valence-corrected chi connectivity index (χ3v) is 3.63. The van der Waals surface area contributed by atoms with E-state index in [2.05, 4.69) is 24.2 Å². The van der Waals surface area contributed by atoms with Gasteiger partial charge in [-0.25, -0.2) is 0 Å². The second kappa shape index (κ2) is 9.97. The van der Waals surface area contributed by atoms with Crippen LogP contribution in [0, 0.1) is 5.92 Å². The molecule has 0 saturated heterocycles. The van der Waals surface area contributed by atoms with Crippen LogP contribution in [0.1, 0.15) is 58.8 Å². The van der Waals surface area contributed by atoms with Crippen molar-refractivity contribution in [2.75, 3.05) is 6.54 Å². The van der Waals surface area contributed by atoms with E-state index in [0.29, 0.717) is 17.9 Å². The van der Waals surface area contributed by atoms with Crippen LogP contribution in [0.3, 0.4) is 0 Å². The number of halogens is 1. The van der Waals surface area contributed by atoms with Gasteiger partial charge in [-0.3, -0.25) is 4.99 Å². The van der Waals surface area contributed by atoms with Crippen molar-refractivity contribution in [3.8, 4) is 0 Å². The molecule has 1 aliphatic rings. The lowest BCUT2D eigenvalue weighted by Crippen LogP contribution is -2.41. The molecule has 0 aromatic carbocycles. The van der Waals surface area contributed by atoms with Crippen molar-refractivity contribution >= 4 is 29.9 Å². The zero-order valence-corrected chi connectivity index (χ0v) is 13.6. The highest BCUT2D eigenvalue weighted by molar-refractivity contribution is 14.0. The molecular weight excluding hydrogens is 325 g/mol. The average molecular weight is 353 g/mol. The smallest absolute Gasteiger partial charge is 0.188 e. The Balaban J connectivity index is 0.00000256. The zero-order valence-electron chi connectivity index (χ0n) is 11.2. The molecule has 1 fully saturated rings. The Morgan fingerprint density at radius 1 is 1.24 bits per heavy atom. The molecule has 0 heterocycles. The van der Waals surface area contributed by atoms with Gasteiger partial charge in [-0.05, 0) is 18.8 Å². The van der Waals surface area contributed by atoms with Crippen molar-refractivity contribution in [3.63, 3.8) is 0 Å². The molecule has 1 aliphatic carbocycles. The lowest BCUT2D eigenvalue weighted by atomic mass is 9.96. The summed E-state index contributed by atoms with van der Waals surface area (Å²) in [4.78, 5) is 4.44. The van der Waals surface area contributed by atoms with Gasteiger partial charge in [-0.15, -0.1) is 24.0 Å². The molecule has 1 rings (SSSR count). The van der Waals surface area contributed by atoms with Gasteiger partial charge >= 0.3 is 0 Å². The summed E-state index contributed by atoms with van der Waals surface area (Å²) in [6.07, 6.45) is 8.92. The third kappa shape index (κ3) is 7.11. The van der Waals surface area contributed by atoms with Crippen LogP contribution in [-0.4, -0.2) is 18.5 Å². The van der Waals surface area contributed by atoms with Crippen LogP contribution in [0.25, 0.3) is 0 Å². The van der Waals surface area contributed by atoms with Crippen molar-refractivity contribution in [1.29, 1.82) is 0 Å². The van der Waals surface area contributed by atoms with Crippen LogP contribution in [-0.2, 0) is 0 Å². The van der Waals surface area contributed by atoms with E-state index in [9.17, 15) is 0 Å². The second-order valence-electron chi connectivity index (χ2n) is 4.89. The Labute approximate surface area is 123 Å². The van der Waals surface area contributed by atoms with Crippen LogP contribution in [0.15, 0.2) is 4.99 Å². The largest absolute Gasteiger partial charge is 0.370 e. The van der Waals surface area contributed by atoms with Crippen LogP contribution < -0.4 is 11.1 Å². The maximum atomic E-state index is 5.90. The standard InChI is InChI=1S/C13H27N3.HI/c1-3-11(4-2)10-15-13(14)16-12-8-6-5-7-9-12;/h11-12H,3-10H2,1-2H3,(H3,14,15,16);1H.